The first-order chi connectivity index (χ1) is 41.4. The highest BCUT2D eigenvalue weighted by Gasteiger charge is 2.55. The molecule has 3 aliphatic heterocycles. The zero-order chi connectivity index (χ0) is 63.2. The Labute approximate surface area is 531 Å². The summed E-state index contributed by atoms with van der Waals surface area (Å²) in [6.45, 7) is 11.6. The molecule has 0 radical (unpaired) electrons. The SMILES string of the molecule is CC[C@H]1OC(OC(=O)c2ccccc2)C(Cl)(Cl)[C@H]1C.CC[C@H]1O[C@@H](n2ccc(NC(=O)c3ccccc3)nc2=O)C(Cl)(Cl)[C@H]1C.CC[C@H]1O[C@H](n2ccc(NC(=O)c3ccccc3)nc2=O)C(Cl)(Cl)[C@H]1C.O=C(Nc1ccnc(=O)[nH]1)c1ccccc1. The Bertz CT molecular complexity index is 3500. The monoisotopic (exact) mass is 1310 g/mol. The molecule has 3 amide bonds. The topological polar surface area (TPSA) is 257 Å². The number of nitrogens with zero attached hydrogens (tertiary/aromatic N) is 5. The molecule has 3 aromatic heterocycles. The Morgan fingerprint density at radius 3 is 1.21 bits per heavy atom. The zero-order valence-corrected chi connectivity index (χ0v) is 52.4. The third-order valence-corrected chi connectivity index (χ3v) is 17.7. The van der Waals surface area contributed by atoms with Gasteiger partial charge >= 0.3 is 23.0 Å². The molecule has 87 heavy (non-hydrogen) atoms. The highest BCUT2D eigenvalue weighted by atomic mass is 35.5. The van der Waals surface area contributed by atoms with Gasteiger partial charge in [-0.05, 0) is 86.0 Å². The van der Waals surface area contributed by atoms with E-state index in [2.05, 4.69) is 35.9 Å². The minimum Gasteiger partial charge on any atom is -0.429 e. The lowest BCUT2D eigenvalue weighted by molar-refractivity contribution is -0.106. The number of aromatic amines is 1. The molecule has 4 aromatic carbocycles. The maximum Gasteiger partial charge on any atom is 0.351 e. The van der Waals surface area contributed by atoms with Crippen LogP contribution in [0.25, 0.3) is 0 Å². The van der Waals surface area contributed by atoms with E-state index >= 15 is 0 Å². The number of halogens is 6. The molecule has 460 valence electrons. The van der Waals surface area contributed by atoms with Crippen molar-refractivity contribution in [1.29, 1.82) is 0 Å². The standard InChI is InChI=1S/2C18H19Cl2N3O3.C14H16Cl2O3.C11H9N3O2/c2*1-3-13-11(2)18(19,20)16(26-13)23-10-9-14(22-17(23)25)21-15(24)12-7-5-4-6-8-12;1-3-11-9(2)14(15,16)13(18-11)19-12(17)10-7-5-4-6-8-10;15-10(8-4-2-1-3-5-8)13-9-6-7-12-11(16)14-9/h2*4-11,13,16H,3H2,1-2H3,(H,21,22,24,25);4-9,11,13H,3H2,1-2H3;1-7H,(H2,12,13,14,15,16)/t11-,13+,16+;11-,13+,16-;9-,11+,13?;/m000./s1. The molecular weight excluding hydrogens is 1250 g/mol. The summed E-state index contributed by atoms with van der Waals surface area (Å²) in [5, 5.41) is 7.76. The van der Waals surface area contributed by atoms with E-state index in [-0.39, 0.29) is 65.4 Å². The minimum atomic E-state index is -1.25. The van der Waals surface area contributed by atoms with Crippen LogP contribution in [-0.4, -0.2) is 90.4 Å². The number of rotatable bonds is 13. The van der Waals surface area contributed by atoms with Crippen molar-refractivity contribution in [2.45, 2.75) is 111 Å². The van der Waals surface area contributed by atoms with Crippen LogP contribution in [0.1, 0.15) is 115 Å². The van der Waals surface area contributed by atoms with E-state index in [4.69, 9.17) is 88.6 Å². The molecule has 0 saturated carbocycles. The van der Waals surface area contributed by atoms with Crippen LogP contribution < -0.4 is 33.0 Å². The summed E-state index contributed by atoms with van der Waals surface area (Å²) < 4.78 is 21.4. The quantitative estimate of drug-likeness (QED) is 0.0619. The van der Waals surface area contributed by atoms with Gasteiger partial charge in [0.05, 0.1) is 23.9 Å². The van der Waals surface area contributed by atoms with Gasteiger partial charge < -0.3 is 34.9 Å². The molecule has 26 heteroatoms. The lowest BCUT2D eigenvalue weighted by Crippen LogP contribution is -2.36. The third kappa shape index (κ3) is 16.8. The maximum absolute atomic E-state index is 12.4. The van der Waals surface area contributed by atoms with Crippen molar-refractivity contribution in [3.63, 3.8) is 0 Å². The Hall–Kier alpha value is -6.98. The number of esters is 1. The number of benzene rings is 4. The molecular formula is C61H63Cl6N9O11. The lowest BCUT2D eigenvalue weighted by Gasteiger charge is -2.25. The second-order valence-electron chi connectivity index (χ2n) is 20.2. The molecule has 3 saturated heterocycles. The average molecular weight is 1310 g/mol. The van der Waals surface area contributed by atoms with Gasteiger partial charge in [-0.25, -0.2) is 24.2 Å². The van der Waals surface area contributed by atoms with Crippen LogP contribution in [0.2, 0.25) is 0 Å². The van der Waals surface area contributed by atoms with Crippen molar-refractivity contribution in [1.82, 2.24) is 29.1 Å². The van der Waals surface area contributed by atoms with Crippen molar-refractivity contribution in [3.8, 4) is 0 Å². The summed E-state index contributed by atoms with van der Waals surface area (Å²) in [5.74, 6) is -1.24. The second kappa shape index (κ2) is 30.3. The van der Waals surface area contributed by atoms with E-state index in [0.717, 1.165) is 19.3 Å². The molecule has 4 N–H and O–H groups in total. The maximum atomic E-state index is 12.4. The van der Waals surface area contributed by atoms with E-state index in [9.17, 15) is 33.6 Å². The smallest absolute Gasteiger partial charge is 0.351 e. The van der Waals surface area contributed by atoms with Crippen LogP contribution in [0, 0.1) is 17.8 Å². The molecule has 6 heterocycles. The number of hydrogen-bond acceptors (Lipinski definition) is 14. The fourth-order valence-corrected chi connectivity index (χ4v) is 11.0. The van der Waals surface area contributed by atoms with Crippen molar-refractivity contribution in [2.75, 3.05) is 16.0 Å². The summed E-state index contributed by atoms with van der Waals surface area (Å²) >= 11 is 38.3. The highest BCUT2D eigenvalue weighted by Crippen LogP contribution is 2.52. The normalized spacial score (nSPS) is 22.7. The number of nitrogens with one attached hydrogen (secondary N) is 4. The molecule has 0 aliphatic carbocycles. The summed E-state index contributed by atoms with van der Waals surface area (Å²) in [6.07, 6.45) is 3.47. The first kappa shape index (κ1) is 67.5. The molecule has 3 aliphatic rings. The van der Waals surface area contributed by atoms with E-state index in [1.807, 2.05) is 65.8 Å². The van der Waals surface area contributed by atoms with Gasteiger partial charge in [-0.15, -0.1) is 0 Å². The van der Waals surface area contributed by atoms with Crippen LogP contribution in [0.4, 0.5) is 17.5 Å². The molecule has 1 unspecified atom stereocenters. The van der Waals surface area contributed by atoms with Crippen LogP contribution in [0.5, 0.6) is 0 Å². The van der Waals surface area contributed by atoms with Gasteiger partial charge in [-0.1, -0.05) is 184 Å². The number of carbonyl (C=O) groups excluding carboxylic acids is 4. The fourth-order valence-electron chi connectivity index (χ4n) is 9.32. The molecule has 9 atom stereocenters. The number of aromatic nitrogens is 6. The summed E-state index contributed by atoms with van der Waals surface area (Å²) in [5.41, 5.74) is 0.218. The van der Waals surface area contributed by atoms with Gasteiger partial charge in [0.25, 0.3) is 17.7 Å². The zero-order valence-electron chi connectivity index (χ0n) is 47.8. The second-order valence-corrected chi connectivity index (χ2v) is 24.5. The predicted molar refractivity (Wildman–Crippen MR) is 335 cm³/mol. The van der Waals surface area contributed by atoms with Crippen LogP contribution >= 0.6 is 69.6 Å². The highest BCUT2D eigenvalue weighted by molar-refractivity contribution is 6.50. The number of anilines is 3. The van der Waals surface area contributed by atoms with Crippen molar-refractivity contribution < 1.29 is 38.1 Å². The van der Waals surface area contributed by atoms with E-state index in [1.54, 1.807) is 97.1 Å². The van der Waals surface area contributed by atoms with Crippen LogP contribution in [0.3, 0.4) is 0 Å². The van der Waals surface area contributed by atoms with E-state index in [0.29, 0.717) is 28.1 Å². The van der Waals surface area contributed by atoms with Gasteiger partial charge in [0.1, 0.15) is 17.5 Å². The van der Waals surface area contributed by atoms with E-state index in [1.165, 1.54) is 45.9 Å². The van der Waals surface area contributed by atoms with Crippen molar-refractivity contribution in [3.05, 3.63) is 212 Å². The van der Waals surface area contributed by atoms with Crippen molar-refractivity contribution >= 4 is 111 Å². The van der Waals surface area contributed by atoms with Crippen molar-refractivity contribution in [2.24, 2.45) is 17.8 Å². The van der Waals surface area contributed by atoms with Gasteiger partial charge in [0.15, 0.2) is 25.5 Å². The van der Waals surface area contributed by atoms with Crippen LogP contribution in [0.15, 0.2) is 173 Å². The van der Waals surface area contributed by atoms with E-state index < -0.39 is 54.8 Å². The molecule has 3 fully saturated rings. The van der Waals surface area contributed by atoms with Gasteiger partial charge in [-0.2, -0.15) is 9.97 Å². The minimum absolute atomic E-state index is 0.102. The number of H-pyrrole nitrogens is 1. The number of ether oxygens (including phenoxy) is 4. The molecule has 0 bridgehead atoms. The summed E-state index contributed by atoms with van der Waals surface area (Å²) in [7, 11) is 0. The van der Waals surface area contributed by atoms with Gasteiger partial charge in [-0.3, -0.25) is 28.5 Å². The lowest BCUT2D eigenvalue weighted by atomic mass is 10.0. The number of amides is 3. The summed E-state index contributed by atoms with van der Waals surface area (Å²) in [6, 6.07) is 39.3. The average Bonchev–Trinajstić information content (AvgIpc) is 1.75. The summed E-state index contributed by atoms with van der Waals surface area (Å²) in [4.78, 5) is 97.4. The number of hydrogen-bond donors (Lipinski definition) is 4. The van der Waals surface area contributed by atoms with Crippen LogP contribution in [-0.2, 0) is 18.9 Å². The Balaban J connectivity index is 0.000000169. The largest absolute Gasteiger partial charge is 0.429 e. The first-order valence-corrected chi connectivity index (χ1v) is 29.9. The Kier molecular flexibility index (Phi) is 23.5. The molecule has 20 nitrogen and oxygen atoms in total. The number of alkyl halides is 6. The van der Waals surface area contributed by atoms with Gasteiger partial charge in [0.2, 0.25) is 6.29 Å². The number of carbonyl (C=O) groups is 4. The molecule has 10 rings (SSSR count). The first-order valence-electron chi connectivity index (χ1n) is 27.6. The Morgan fingerprint density at radius 1 is 0.506 bits per heavy atom. The fraction of sp³-hybridized carbons (Fsp3) is 0.344. The molecule has 0 spiro atoms. The molecule has 7 aromatic rings. The third-order valence-electron chi connectivity index (χ3n) is 14.5. The Morgan fingerprint density at radius 2 is 0.862 bits per heavy atom. The van der Waals surface area contributed by atoms with Gasteiger partial charge in [0, 0.05) is 53.0 Å². The predicted octanol–water partition coefficient (Wildman–Crippen LogP) is 12.0.